The summed E-state index contributed by atoms with van der Waals surface area (Å²) in [7, 11) is 0. The van der Waals surface area contributed by atoms with Crippen molar-refractivity contribution in [1.82, 2.24) is 10.6 Å². The number of aliphatic carboxylic acids is 3. The Morgan fingerprint density at radius 3 is 1.70 bits per heavy atom. The van der Waals surface area contributed by atoms with E-state index < -0.39 is 134 Å². The molecule has 0 aliphatic rings. The lowest BCUT2D eigenvalue weighted by Crippen LogP contribution is -2.49. The molecule has 7 N–H and O–H groups in total. The zero-order chi connectivity index (χ0) is 33.4. The fraction of sp³-hybridized carbons (Fsp3) is 0.607. The number of nitrogens with one attached hydrogen (secondary N) is 2. The molecule has 0 radical (unpaired) electrons. The van der Waals surface area contributed by atoms with Gasteiger partial charge in [0, 0.05) is 38.0 Å². The van der Waals surface area contributed by atoms with E-state index in [0.29, 0.717) is 0 Å². The van der Waals surface area contributed by atoms with E-state index in [1.165, 1.54) is 0 Å². The van der Waals surface area contributed by atoms with E-state index in [-0.39, 0.29) is 6.42 Å². The number of hydrogen-bond donors (Lipinski definition) is 6. The average Bonchev–Trinajstić information content (AvgIpc) is 2.86. The van der Waals surface area contributed by atoms with Gasteiger partial charge in [-0.05, 0) is 19.3 Å². The van der Waals surface area contributed by atoms with Crippen LogP contribution in [0, 0.1) is 36.0 Å². The van der Waals surface area contributed by atoms with Crippen LogP contribution < -0.4 is 16.4 Å². The van der Waals surface area contributed by atoms with Crippen molar-refractivity contribution < 1.29 is 58.5 Å². The molecule has 43 heavy (non-hydrogen) atoms. The van der Waals surface area contributed by atoms with Gasteiger partial charge in [-0.3, -0.25) is 38.4 Å². The molecule has 5 atom stereocenters. The molecule has 0 saturated heterocycles. The van der Waals surface area contributed by atoms with Gasteiger partial charge in [-0.25, -0.2) is 0 Å². The Bertz CT molecular complexity index is 1120. The van der Waals surface area contributed by atoms with Crippen molar-refractivity contribution in [1.29, 1.82) is 0 Å². The van der Waals surface area contributed by atoms with Gasteiger partial charge in [0.05, 0.1) is 36.8 Å². The SMILES string of the molecule is C#CC[C@H](CC(=O)[C@H](CC(=O)O)NC(=O)[C@@H](CC(=O)[C@H](CCC(=O)O)NC(=O)[C@@H](CC(C)=O)CC(=O)O)C(C)C)C(N)=O. The smallest absolute Gasteiger partial charge is 0.305 e. The third-order valence-corrected chi connectivity index (χ3v) is 6.54. The zero-order valence-electron chi connectivity index (χ0n) is 24.3. The van der Waals surface area contributed by atoms with Gasteiger partial charge in [0.25, 0.3) is 0 Å². The molecule has 0 bridgehead atoms. The van der Waals surface area contributed by atoms with Crippen LogP contribution in [-0.4, -0.2) is 80.4 Å². The normalized spacial score (nSPS) is 14.2. The number of ketones is 3. The molecule has 0 saturated carbocycles. The van der Waals surface area contributed by atoms with Crippen LogP contribution in [0.1, 0.15) is 72.1 Å². The summed E-state index contributed by atoms with van der Waals surface area (Å²) < 4.78 is 0. The minimum absolute atomic E-state index is 0.193. The van der Waals surface area contributed by atoms with E-state index in [1.54, 1.807) is 13.8 Å². The molecule has 0 aromatic heterocycles. The van der Waals surface area contributed by atoms with Crippen LogP contribution in [-0.2, 0) is 43.2 Å². The molecular formula is C28H39N3O12. The minimum Gasteiger partial charge on any atom is -0.481 e. The summed E-state index contributed by atoms with van der Waals surface area (Å²) in [5.74, 6) is -11.0. The summed E-state index contributed by atoms with van der Waals surface area (Å²) in [5.41, 5.74) is 5.25. The molecule has 3 amide bonds. The molecule has 0 aliphatic heterocycles. The van der Waals surface area contributed by atoms with Crippen molar-refractivity contribution in [3.63, 3.8) is 0 Å². The average molecular weight is 610 g/mol. The number of amides is 3. The Balaban J connectivity index is 6.00. The highest BCUT2D eigenvalue weighted by Gasteiger charge is 2.35. The highest BCUT2D eigenvalue weighted by molar-refractivity contribution is 5.97. The Labute approximate surface area is 248 Å². The number of carboxylic acid groups (broad SMARTS) is 3. The second-order valence-corrected chi connectivity index (χ2v) is 10.6. The van der Waals surface area contributed by atoms with Gasteiger partial charge in [0.15, 0.2) is 11.6 Å². The minimum atomic E-state index is -1.59. The van der Waals surface area contributed by atoms with E-state index in [1.807, 2.05) is 0 Å². The van der Waals surface area contributed by atoms with Crippen molar-refractivity contribution in [2.45, 2.75) is 84.2 Å². The number of rotatable bonds is 22. The number of carbonyl (C=O) groups is 9. The lowest BCUT2D eigenvalue weighted by atomic mass is 9.86. The number of primary amides is 1. The summed E-state index contributed by atoms with van der Waals surface area (Å²) in [5, 5.41) is 32.1. The lowest BCUT2D eigenvalue weighted by molar-refractivity contribution is -0.143. The molecule has 15 heteroatoms. The highest BCUT2D eigenvalue weighted by Crippen LogP contribution is 2.20. The molecule has 15 nitrogen and oxygen atoms in total. The summed E-state index contributed by atoms with van der Waals surface area (Å²) in [6.07, 6.45) is 0.903. The molecule has 0 spiro atoms. The van der Waals surface area contributed by atoms with Gasteiger partial charge in [0.1, 0.15) is 5.78 Å². The third kappa shape index (κ3) is 15.3. The quantitative estimate of drug-likeness (QED) is 0.0863. The largest absolute Gasteiger partial charge is 0.481 e. The molecule has 238 valence electrons. The second kappa shape index (κ2) is 18.7. The summed E-state index contributed by atoms with van der Waals surface area (Å²) in [6.45, 7) is 4.26. The van der Waals surface area contributed by atoms with Crippen LogP contribution in [0.2, 0.25) is 0 Å². The van der Waals surface area contributed by atoms with E-state index in [9.17, 15) is 48.3 Å². The molecule has 0 heterocycles. The van der Waals surface area contributed by atoms with E-state index in [2.05, 4.69) is 16.6 Å². The van der Waals surface area contributed by atoms with Crippen LogP contribution in [0.4, 0.5) is 0 Å². The maximum absolute atomic E-state index is 13.3. The maximum atomic E-state index is 13.3. The van der Waals surface area contributed by atoms with Gasteiger partial charge in [0.2, 0.25) is 17.7 Å². The summed E-state index contributed by atoms with van der Waals surface area (Å²) in [6, 6.07) is -3.05. The third-order valence-electron chi connectivity index (χ3n) is 6.54. The number of terminal acetylenes is 1. The monoisotopic (exact) mass is 609 g/mol. The standard InChI is InChI=1S/C28H39N3O12/c1-5-6-16(26(29)41)10-21(33)20(13-25(39)40)31-28(43)18(14(2)3)12-22(34)19(7-8-23(35)36)30-27(42)17(9-15(4)32)11-24(37)38/h1,14,16-20H,6-13H2,2-4H3,(H2,29,41)(H,30,42)(H,31,43)(H,35,36)(H,37,38)(H,39,40)/t16-,17+,18+,19+,20+/m1/s1. The van der Waals surface area contributed by atoms with Crippen molar-refractivity contribution in [3.05, 3.63) is 0 Å². The van der Waals surface area contributed by atoms with Crippen molar-refractivity contribution in [2.24, 2.45) is 29.4 Å². The number of nitrogens with two attached hydrogens (primary N) is 1. The Hall–Kier alpha value is -4.61. The lowest BCUT2D eigenvalue weighted by Gasteiger charge is -2.26. The number of carbonyl (C=O) groups excluding carboxylic acids is 6. The molecule has 0 fully saturated rings. The molecule has 0 aromatic carbocycles. The second-order valence-electron chi connectivity index (χ2n) is 10.6. The summed E-state index contributed by atoms with van der Waals surface area (Å²) in [4.78, 5) is 109. The van der Waals surface area contributed by atoms with Gasteiger partial charge >= 0.3 is 17.9 Å². The Morgan fingerprint density at radius 1 is 0.721 bits per heavy atom. The van der Waals surface area contributed by atoms with Crippen LogP contribution in [0.15, 0.2) is 0 Å². The number of Topliss-reactive ketones (excluding diaryl/α,β-unsaturated/α-hetero) is 3. The highest BCUT2D eigenvalue weighted by atomic mass is 16.4. The van der Waals surface area contributed by atoms with E-state index >= 15 is 0 Å². The number of carboxylic acids is 3. The van der Waals surface area contributed by atoms with Gasteiger partial charge in [-0.15, -0.1) is 12.3 Å². The first-order valence-corrected chi connectivity index (χ1v) is 13.4. The van der Waals surface area contributed by atoms with Gasteiger partial charge in [-0.1, -0.05) is 13.8 Å². The van der Waals surface area contributed by atoms with Crippen LogP contribution >= 0.6 is 0 Å². The molecule has 0 rings (SSSR count). The predicted octanol–water partition coefficient (Wildman–Crippen LogP) is -0.319. The maximum Gasteiger partial charge on any atom is 0.305 e. The Kier molecular flexibility index (Phi) is 16.7. The topological polar surface area (TPSA) is 264 Å². The van der Waals surface area contributed by atoms with Crippen molar-refractivity contribution >= 4 is 53.0 Å². The first-order valence-electron chi connectivity index (χ1n) is 13.4. The molecule has 0 aliphatic carbocycles. The van der Waals surface area contributed by atoms with Gasteiger partial charge < -0.3 is 36.5 Å². The van der Waals surface area contributed by atoms with Crippen LogP contribution in [0.25, 0.3) is 0 Å². The first kappa shape index (κ1) is 38.4. The van der Waals surface area contributed by atoms with E-state index in [4.69, 9.17) is 22.4 Å². The van der Waals surface area contributed by atoms with Crippen molar-refractivity contribution in [2.75, 3.05) is 0 Å². The summed E-state index contributed by atoms with van der Waals surface area (Å²) >= 11 is 0. The molecule has 0 aromatic rings. The fourth-order valence-electron chi connectivity index (χ4n) is 4.18. The fourth-order valence-corrected chi connectivity index (χ4v) is 4.18. The zero-order valence-corrected chi connectivity index (χ0v) is 24.3. The van der Waals surface area contributed by atoms with E-state index in [0.717, 1.165) is 6.92 Å². The van der Waals surface area contributed by atoms with Crippen LogP contribution in [0.3, 0.4) is 0 Å². The number of hydrogen-bond acceptors (Lipinski definition) is 9. The van der Waals surface area contributed by atoms with Crippen molar-refractivity contribution in [3.8, 4) is 12.3 Å². The predicted molar refractivity (Wildman–Crippen MR) is 148 cm³/mol. The Morgan fingerprint density at radius 2 is 1.26 bits per heavy atom. The van der Waals surface area contributed by atoms with Crippen LogP contribution in [0.5, 0.6) is 0 Å². The first-order chi connectivity index (χ1) is 19.9. The molecular weight excluding hydrogens is 570 g/mol. The molecule has 0 unspecified atom stereocenters. The van der Waals surface area contributed by atoms with Gasteiger partial charge in [-0.2, -0.15) is 0 Å².